The summed E-state index contributed by atoms with van der Waals surface area (Å²) >= 11 is 0. The molecule has 0 radical (unpaired) electrons. The first-order valence-corrected chi connectivity index (χ1v) is 12.5. The van der Waals surface area contributed by atoms with Crippen LogP contribution in [-0.2, 0) is 21.2 Å². The number of fused-ring (bicyclic) bond motifs is 1. The highest BCUT2D eigenvalue weighted by Gasteiger charge is 2.28. The second kappa shape index (κ2) is 10.4. The molecule has 2 N–H and O–H groups in total. The molecule has 178 valence electrons. The highest BCUT2D eigenvalue weighted by Crippen LogP contribution is 2.28. The maximum atomic E-state index is 13.5. The normalized spacial score (nSPS) is 11.6. The Labute approximate surface area is 204 Å². The Kier molecular flexibility index (Phi) is 7.12. The summed E-state index contributed by atoms with van der Waals surface area (Å²) in [7, 11) is -4.01. The van der Waals surface area contributed by atoms with Gasteiger partial charge in [0.25, 0.3) is 15.9 Å². The van der Waals surface area contributed by atoms with Gasteiger partial charge in [-0.2, -0.15) is 5.10 Å². The first-order chi connectivity index (χ1) is 16.9. The number of para-hydroxylation sites is 1. The summed E-state index contributed by atoms with van der Waals surface area (Å²) in [6, 6.07) is 25.9. The topological polar surface area (TPSA) is 99.1 Å². The van der Waals surface area contributed by atoms with Gasteiger partial charge in [0, 0.05) is 5.56 Å². The molecule has 0 heterocycles. The van der Waals surface area contributed by atoms with E-state index in [1.165, 1.54) is 18.3 Å². The number of amides is 1. The molecule has 0 aromatic heterocycles. The number of hydrogen-bond donors (Lipinski definition) is 2. The van der Waals surface area contributed by atoms with E-state index in [1.54, 1.807) is 42.5 Å². The predicted molar refractivity (Wildman–Crippen MR) is 138 cm³/mol. The van der Waals surface area contributed by atoms with Crippen molar-refractivity contribution in [2.75, 3.05) is 10.8 Å². The molecule has 0 aliphatic carbocycles. The third kappa shape index (κ3) is 5.17. The van der Waals surface area contributed by atoms with Crippen LogP contribution in [-0.4, -0.2) is 32.2 Å². The number of anilines is 1. The summed E-state index contributed by atoms with van der Waals surface area (Å²) in [5.74, 6) is -0.599. The van der Waals surface area contributed by atoms with Gasteiger partial charge in [-0.1, -0.05) is 73.7 Å². The van der Waals surface area contributed by atoms with Gasteiger partial charge in [0.1, 0.15) is 12.3 Å². The van der Waals surface area contributed by atoms with Gasteiger partial charge in [-0.3, -0.25) is 9.10 Å². The van der Waals surface area contributed by atoms with Gasteiger partial charge in [-0.15, -0.1) is 0 Å². The van der Waals surface area contributed by atoms with Crippen LogP contribution in [0.4, 0.5) is 5.69 Å². The molecule has 0 spiro atoms. The fourth-order valence-corrected chi connectivity index (χ4v) is 5.31. The number of carbonyl (C=O) groups is 1. The standard InChI is InChI=1S/C27H25N3O4S/c1-2-20-10-7-9-15-25(20)30(35(33,34)22-12-4-3-5-13-22)19-27(32)29-28-18-24-23-14-8-6-11-21(23)16-17-26(24)31/h3-18,31H,2,19H2,1H3,(H,29,32)/b28-18-. The molecular formula is C27H25N3O4S. The first-order valence-electron chi connectivity index (χ1n) is 11.1. The van der Waals surface area contributed by atoms with E-state index in [9.17, 15) is 18.3 Å². The Morgan fingerprint density at radius 1 is 0.943 bits per heavy atom. The van der Waals surface area contributed by atoms with E-state index >= 15 is 0 Å². The number of nitrogens with one attached hydrogen (secondary N) is 1. The van der Waals surface area contributed by atoms with Crippen LogP contribution < -0.4 is 9.73 Å². The molecule has 1 amide bonds. The maximum absolute atomic E-state index is 13.5. The quantitative estimate of drug-likeness (QED) is 0.283. The third-order valence-corrected chi connectivity index (χ3v) is 7.36. The number of phenols is 1. The largest absolute Gasteiger partial charge is 0.507 e. The van der Waals surface area contributed by atoms with Crippen molar-refractivity contribution in [3.63, 3.8) is 0 Å². The van der Waals surface area contributed by atoms with Crippen molar-refractivity contribution in [3.8, 4) is 5.75 Å². The van der Waals surface area contributed by atoms with Crippen molar-refractivity contribution in [2.24, 2.45) is 5.10 Å². The molecule has 0 unspecified atom stereocenters. The molecule has 0 aliphatic heterocycles. The molecule has 0 saturated heterocycles. The first kappa shape index (κ1) is 24.0. The minimum absolute atomic E-state index is 0.0202. The SMILES string of the molecule is CCc1ccccc1N(CC(=O)N/N=C\c1c(O)ccc2ccccc12)S(=O)(=O)c1ccccc1. The Hall–Kier alpha value is -4.17. The maximum Gasteiger partial charge on any atom is 0.264 e. The Morgan fingerprint density at radius 2 is 1.63 bits per heavy atom. The summed E-state index contributed by atoms with van der Waals surface area (Å²) in [6.07, 6.45) is 1.95. The van der Waals surface area contributed by atoms with E-state index in [0.717, 1.165) is 20.6 Å². The fraction of sp³-hybridized carbons (Fsp3) is 0.111. The summed E-state index contributed by atoms with van der Waals surface area (Å²) < 4.78 is 28.1. The van der Waals surface area contributed by atoms with Crippen LogP contribution in [0.25, 0.3) is 10.8 Å². The van der Waals surface area contributed by atoms with Crippen molar-refractivity contribution in [1.82, 2.24) is 5.43 Å². The molecule has 35 heavy (non-hydrogen) atoms. The fourth-order valence-electron chi connectivity index (χ4n) is 3.83. The Balaban J connectivity index is 1.62. The lowest BCUT2D eigenvalue weighted by Crippen LogP contribution is -2.40. The monoisotopic (exact) mass is 487 g/mol. The Morgan fingerprint density at radius 3 is 2.40 bits per heavy atom. The number of phenolic OH excluding ortho intramolecular Hbond substituents is 1. The van der Waals surface area contributed by atoms with Crippen molar-refractivity contribution < 1.29 is 18.3 Å². The van der Waals surface area contributed by atoms with Gasteiger partial charge in [0.2, 0.25) is 0 Å². The molecule has 0 fully saturated rings. The van der Waals surface area contributed by atoms with E-state index in [1.807, 2.05) is 43.3 Å². The lowest BCUT2D eigenvalue weighted by Gasteiger charge is -2.25. The minimum atomic E-state index is -4.01. The number of aryl methyl sites for hydroxylation is 1. The third-order valence-electron chi connectivity index (χ3n) is 5.59. The average Bonchev–Trinajstić information content (AvgIpc) is 2.89. The number of carbonyl (C=O) groups excluding carboxylic acids is 1. The second-order valence-corrected chi connectivity index (χ2v) is 9.68. The molecule has 0 saturated carbocycles. The smallest absolute Gasteiger partial charge is 0.264 e. The van der Waals surface area contributed by atoms with Gasteiger partial charge in [0.05, 0.1) is 16.8 Å². The summed E-state index contributed by atoms with van der Waals surface area (Å²) in [4.78, 5) is 12.9. The zero-order valence-corrected chi connectivity index (χ0v) is 19.9. The van der Waals surface area contributed by atoms with Crippen molar-refractivity contribution in [3.05, 3.63) is 102 Å². The lowest BCUT2D eigenvalue weighted by molar-refractivity contribution is -0.119. The zero-order valence-electron chi connectivity index (χ0n) is 19.1. The van der Waals surface area contributed by atoms with Crippen LogP contribution in [0.2, 0.25) is 0 Å². The van der Waals surface area contributed by atoms with Crippen LogP contribution in [0, 0.1) is 0 Å². The number of rotatable bonds is 8. The van der Waals surface area contributed by atoms with E-state index < -0.39 is 22.5 Å². The average molecular weight is 488 g/mol. The molecule has 0 bridgehead atoms. The van der Waals surface area contributed by atoms with Crippen LogP contribution >= 0.6 is 0 Å². The van der Waals surface area contributed by atoms with Crippen LogP contribution in [0.1, 0.15) is 18.1 Å². The van der Waals surface area contributed by atoms with Gasteiger partial charge in [-0.25, -0.2) is 13.8 Å². The van der Waals surface area contributed by atoms with Crippen molar-refractivity contribution in [2.45, 2.75) is 18.2 Å². The molecule has 4 rings (SSSR count). The number of sulfonamides is 1. The van der Waals surface area contributed by atoms with Crippen LogP contribution in [0.5, 0.6) is 5.75 Å². The van der Waals surface area contributed by atoms with Crippen LogP contribution in [0.15, 0.2) is 101 Å². The van der Waals surface area contributed by atoms with Crippen LogP contribution in [0.3, 0.4) is 0 Å². The van der Waals surface area contributed by atoms with Crippen molar-refractivity contribution in [1.29, 1.82) is 0 Å². The molecule has 8 heteroatoms. The summed E-state index contributed by atoms with van der Waals surface area (Å²) in [6.45, 7) is 1.46. The predicted octanol–water partition coefficient (Wildman–Crippen LogP) is 4.45. The van der Waals surface area contributed by atoms with Gasteiger partial charge < -0.3 is 5.11 Å². The van der Waals surface area contributed by atoms with E-state index in [0.29, 0.717) is 17.7 Å². The number of hydrazone groups is 1. The molecule has 7 nitrogen and oxygen atoms in total. The molecule has 0 atom stereocenters. The number of aromatic hydroxyl groups is 1. The summed E-state index contributed by atoms with van der Waals surface area (Å²) in [5, 5.41) is 15.9. The van der Waals surface area contributed by atoms with Gasteiger partial charge in [0.15, 0.2) is 0 Å². The molecular weight excluding hydrogens is 462 g/mol. The number of benzene rings is 4. The van der Waals surface area contributed by atoms with Crippen molar-refractivity contribution >= 4 is 38.6 Å². The van der Waals surface area contributed by atoms with Gasteiger partial charge >= 0.3 is 0 Å². The summed E-state index contributed by atoms with van der Waals surface area (Å²) in [5.41, 5.74) is 4.08. The number of hydrogen-bond acceptors (Lipinski definition) is 5. The second-order valence-electron chi connectivity index (χ2n) is 7.82. The molecule has 0 aliphatic rings. The number of nitrogens with zero attached hydrogens (tertiary/aromatic N) is 2. The zero-order chi connectivity index (χ0) is 24.8. The highest BCUT2D eigenvalue weighted by molar-refractivity contribution is 7.92. The van der Waals surface area contributed by atoms with Gasteiger partial charge in [-0.05, 0) is 47.0 Å². The molecule has 4 aromatic carbocycles. The minimum Gasteiger partial charge on any atom is -0.507 e. The Bertz CT molecular complexity index is 1490. The lowest BCUT2D eigenvalue weighted by atomic mass is 10.0. The molecule has 4 aromatic rings. The highest BCUT2D eigenvalue weighted by atomic mass is 32.2. The van der Waals surface area contributed by atoms with E-state index in [-0.39, 0.29) is 10.6 Å². The van der Waals surface area contributed by atoms with E-state index in [2.05, 4.69) is 10.5 Å². The van der Waals surface area contributed by atoms with E-state index in [4.69, 9.17) is 0 Å².